The fraction of sp³-hybridized carbons (Fsp3) is 0.231. The van der Waals surface area contributed by atoms with Crippen molar-refractivity contribution >= 4 is 50.0 Å². The molecule has 2 rings (SSSR count). The van der Waals surface area contributed by atoms with Crippen molar-refractivity contribution in [3.8, 4) is 0 Å². The maximum absolute atomic E-state index is 12.3. The van der Waals surface area contributed by atoms with Gasteiger partial charge in [0.05, 0.1) is 11.8 Å². The van der Waals surface area contributed by atoms with Crippen molar-refractivity contribution in [1.29, 1.82) is 0 Å². The van der Waals surface area contributed by atoms with Gasteiger partial charge in [0, 0.05) is 10.8 Å². The Balaban J connectivity index is 2.33. The normalized spacial score (nSPS) is 18.5. The van der Waals surface area contributed by atoms with Crippen molar-refractivity contribution in [1.82, 2.24) is 0 Å². The average molecular weight is 505 g/mol. The first-order valence-corrected chi connectivity index (χ1v) is 13.9. The lowest BCUT2D eigenvalue weighted by Gasteiger charge is -2.20. The van der Waals surface area contributed by atoms with E-state index < -0.39 is 44.5 Å². The van der Waals surface area contributed by atoms with Gasteiger partial charge in [-0.2, -0.15) is 17.0 Å². The Labute approximate surface area is 171 Å². The molecule has 0 saturated heterocycles. The molecule has 0 saturated carbocycles. The number of anilines is 1. The standard InChI is InChI=1S/C13H18NO12P3S/c1-9(2)24-28(17,18)26-29(19,20)25-27(15,16)14-12-7-3-6-11-10(12)5-4-8-13(11)30(21,22)23/h3-9H,1-2H3,(H,17,18)(H,19,20)(H2,14,15,16)(H,21,22,23). The van der Waals surface area contributed by atoms with Gasteiger partial charge in [0.25, 0.3) is 10.1 Å². The predicted octanol–water partition coefficient (Wildman–Crippen LogP) is 3.26. The molecule has 0 aliphatic carbocycles. The minimum Gasteiger partial charge on any atom is -0.308 e. The van der Waals surface area contributed by atoms with Gasteiger partial charge >= 0.3 is 23.4 Å². The number of hydrogen-bond donors (Lipinski definition) is 5. The van der Waals surface area contributed by atoms with Gasteiger partial charge in [0.15, 0.2) is 0 Å². The monoisotopic (exact) mass is 505 g/mol. The van der Waals surface area contributed by atoms with E-state index in [1.54, 1.807) is 0 Å². The lowest BCUT2D eigenvalue weighted by Crippen LogP contribution is -2.05. The Bertz CT molecular complexity index is 1200. The first-order chi connectivity index (χ1) is 13.5. The fourth-order valence-corrected chi connectivity index (χ4v) is 6.95. The van der Waals surface area contributed by atoms with Crippen molar-refractivity contribution in [2.24, 2.45) is 0 Å². The van der Waals surface area contributed by atoms with Crippen LogP contribution in [0.15, 0.2) is 41.3 Å². The Morgan fingerprint density at radius 1 is 0.900 bits per heavy atom. The molecule has 0 aromatic heterocycles. The number of phosphoric ester groups is 1. The molecule has 13 nitrogen and oxygen atoms in total. The van der Waals surface area contributed by atoms with E-state index >= 15 is 0 Å². The highest BCUT2D eigenvalue weighted by atomic mass is 32.2. The molecule has 0 spiro atoms. The predicted molar refractivity (Wildman–Crippen MR) is 105 cm³/mol. The summed E-state index contributed by atoms with van der Waals surface area (Å²) in [7, 11) is -20.5. The third-order valence-electron chi connectivity index (χ3n) is 3.19. The van der Waals surface area contributed by atoms with Crippen LogP contribution < -0.4 is 5.09 Å². The second-order valence-electron chi connectivity index (χ2n) is 6.02. The van der Waals surface area contributed by atoms with Crippen LogP contribution in [0.1, 0.15) is 13.8 Å². The molecule has 0 fully saturated rings. The van der Waals surface area contributed by atoms with Crippen molar-refractivity contribution in [3.63, 3.8) is 0 Å². The molecule has 0 heterocycles. The van der Waals surface area contributed by atoms with E-state index in [2.05, 4.69) is 13.1 Å². The van der Waals surface area contributed by atoms with E-state index in [1.165, 1.54) is 44.2 Å². The van der Waals surface area contributed by atoms with Crippen LogP contribution in [0, 0.1) is 0 Å². The van der Waals surface area contributed by atoms with Crippen LogP contribution in [0.4, 0.5) is 5.69 Å². The highest BCUT2D eigenvalue weighted by molar-refractivity contribution is 7.86. The first-order valence-electron chi connectivity index (χ1n) is 7.88. The molecular weight excluding hydrogens is 487 g/mol. The Morgan fingerprint density at radius 3 is 2.03 bits per heavy atom. The summed E-state index contributed by atoms with van der Waals surface area (Å²) >= 11 is 0. The molecule has 3 atom stereocenters. The average Bonchev–Trinajstić information content (AvgIpc) is 2.49. The van der Waals surface area contributed by atoms with Gasteiger partial charge in [-0.1, -0.05) is 24.3 Å². The van der Waals surface area contributed by atoms with Gasteiger partial charge in [-0.25, -0.2) is 13.7 Å². The summed E-state index contributed by atoms with van der Waals surface area (Å²) in [5.74, 6) is 0. The molecular formula is C13H18NO12P3S. The largest absolute Gasteiger partial charge is 0.489 e. The summed E-state index contributed by atoms with van der Waals surface area (Å²) in [5.41, 5.74) is -0.213. The third-order valence-corrected chi connectivity index (χ3v) is 8.67. The van der Waals surface area contributed by atoms with Crippen LogP contribution in [0.5, 0.6) is 0 Å². The van der Waals surface area contributed by atoms with Gasteiger partial charge in [-0.15, -0.1) is 0 Å². The lowest BCUT2D eigenvalue weighted by molar-refractivity contribution is 0.147. The van der Waals surface area contributed by atoms with Crippen molar-refractivity contribution in [2.45, 2.75) is 24.8 Å². The quantitative estimate of drug-likeness (QED) is 0.245. The smallest absolute Gasteiger partial charge is 0.308 e. The van der Waals surface area contributed by atoms with Crippen molar-refractivity contribution in [2.75, 3.05) is 5.09 Å². The van der Waals surface area contributed by atoms with Gasteiger partial charge in [0.2, 0.25) is 0 Å². The first kappa shape index (κ1) is 25.1. The Morgan fingerprint density at radius 2 is 1.47 bits per heavy atom. The van der Waals surface area contributed by atoms with Crippen molar-refractivity contribution in [3.05, 3.63) is 36.4 Å². The molecule has 5 N–H and O–H groups in total. The fourth-order valence-electron chi connectivity index (χ4n) is 2.35. The summed E-state index contributed by atoms with van der Waals surface area (Å²) in [5, 5.41) is 1.92. The molecule has 17 heteroatoms. The number of fused-ring (bicyclic) bond motifs is 1. The molecule has 0 aliphatic rings. The number of rotatable bonds is 9. The second kappa shape index (κ2) is 8.78. The van der Waals surface area contributed by atoms with E-state index in [-0.39, 0.29) is 16.5 Å². The van der Waals surface area contributed by atoms with E-state index in [9.17, 15) is 41.3 Å². The van der Waals surface area contributed by atoms with Crippen LogP contribution in [0.3, 0.4) is 0 Å². The second-order valence-corrected chi connectivity index (χ2v) is 12.1. The summed E-state index contributed by atoms with van der Waals surface area (Å²) < 4.78 is 80.5. The summed E-state index contributed by atoms with van der Waals surface area (Å²) in [6, 6.07) is 7.46. The Hall–Kier alpha value is -1.14. The molecule has 0 aliphatic heterocycles. The van der Waals surface area contributed by atoms with Crippen LogP contribution >= 0.6 is 23.4 Å². The van der Waals surface area contributed by atoms with Gasteiger partial charge in [-0.05, 0) is 26.0 Å². The van der Waals surface area contributed by atoms with E-state index in [0.29, 0.717) is 0 Å². The van der Waals surface area contributed by atoms with Crippen LogP contribution in [0.25, 0.3) is 10.8 Å². The number of nitrogens with one attached hydrogen (secondary N) is 1. The zero-order valence-electron chi connectivity index (χ0n) is 15.3. The minimum atomic E-state index is -5.57. The summed E-state index contributed by atoms with van der Waals surface area (Å²) in [6.07, 6.45) is -0.882. The van der Waals surface area contributed by atoms with Gasteiger partial charge < -0.3 is 14.7 Å². The van der Waals surface area contributed by atoms with Crippen LogP contribution in [0.2, 0.25) is 0 Å². The van der Waals surface area contributed by atoms with Crippen molar-refractivity contribution < 1.29 is 54.5 Å². The molecule has 0 radical (unpaired) electrons. The van der Waals surface area contributed by atoms with E-state index in [0.717, 1.165) is 6.07 Å². The molecule has 0 bridgehead atoms. The molecule has 168 valence electrons. The van der Waals surface area contributed by atoms with Crippen LogP contribution in [-0.4, -0.2) is 33.8 Å². The Kier molecular flexibility index (Phi) is 7.35. The van der Waals surface area contributed by atoms with E-state index in [1.807, 2.05) is 5.09 Å². The highest BCUT2D eigenvalue weighted by Gasteiger charge is 2.42. The molecule has 2 aromatic carbocycles. The maximum atomic E-state index is 12.3. The zero-order valence-corrected chi connectivity index (χ0v) is 18.8. The lowest BCUT2D eigenvalue weighted by atomic mass is 10.1. The summed E-state index contributed by atoms with van der Waals surface area (Å²) in [4.78, 5) is 28.4. The minimum absolute atomic E-state index is 0.0291. The van der Waals surface area contributed by atoms with Gasteiger partial charge in [-0.3, -0.25) is 14.2 Å². The molecule has 30 heavy (non-hydrogen) atoms. The molecule has 2 aromatic rings. The SMILES string of the molecule is CC(C)OP(=O)(O)OP(=O)(O)OP(=O)(O)Nc1cccc2c(S(=O)(=O)O)cccc12. The summed E-state index contributed by atoms with van der Waals surface area (Å²) in [6.45, 7) is 2.66. The highest BCUT2D eigenvalue weighted by Crippen LogP contribution is 2.67. The molecule has 0 amide bonds. The third kappa shape index (κ3) is 6.94. The number of phosphoric acid groups is 2. The molecule has 3 unspecified atom stereocenters. The van der Waals surface area contributed by atoms with Crippen LogP contribution in [-0.2, 0) is 37.0 Å². The number of hydrogen-bond acceptors (Lipinski definition) is 8. The van der Waals surface area contributed by atoms with E-state index in [4.69, 9.17) is 0 Å². The van der Waals surface area contributed by atoms with Gasteiger partial charge in [0.1, 0.15) is 4.90 Å². The number of benzene rings is 2. The zero-order chi connectivity index (χ0) is 23.0. The maximum Gasteiger partial charge on any atom is 0.489 e. The topological polar surface area (TPSA) is 206 Å².